The summed E-state index contributed by atoms with van der Waals surface area (Å²) in [6, 6.07) is 17.3. The third kappa shape index (κ3) is 4.46. The average molecular weight is 481 g/mol. The van der Waals surface area contributed by atoms with Gasteiger partial charge in [0.15, 0.2) is 6.10 Å². The van der Waals surface area contributed by atoms with E-state index < -0.39 is 22.0 Å². The molecule has 1 atom stereocenters. The number of anilines is 2. The molecule has 0 spiro atoms. The van der Waals surface area contributed by atoms with Crippen molar-refractivity contribution in [2.75, 3.05) is 23.3 Å². The van der Waals surface area contributed by atoms with Crippen molar-refractivity contribution in [3.05, 3.63) is 77.4 Å². The molecule has 3 aromatic rings. The highest BCUT2D eigenvalue weighted by molar-refractivity contribution is 7.92. The number of nitrogens with zero attached hydrogens (tertiary/aromatic N) is 1. The van der Waals surface area contributed by atoms with Crippen LogP contribution in [0.15, 0.2) is 65.6 Å². The van der Waals surface area contributed by atoms with E-state index in [0.717, 1.165) is 28.8 Å². The number of fused-ring (bicyclic) bond motifs is 1. The Bertz CT molecular complexity index is 1320. The quantitative estimate of drug-likeness (QED) is 0.563. The van der Waals surface area contributed by atoms with Crippen molar-refractivity contribution in [2.45, 2.75) is 38.2 Å². The average Bonchev–Trinajstić information content (AvgIpc) is 2.84. The minimum absolute atomic E-state index is 0.105. The molecule has 0 saturated heterocycles. The lowest BCUT2D eigenvalue weighted by Crippen LogP contribution is -2.49. The van der Waals surface area contributed by atoms with Gasteiger partial charge in [-0.05, 0) is 73.4 Å². The molecular weight excluding hydrogens is 452 g/mol. The lowest BCUT2D eigenvalue weighted by Gasteiger charge is -2.35. The Labute approximate surface area is 200 Å². The van der Waals surface area contributed by atoms with Gasteiger partial charge in [-0.1, -0.05) is 31.2 Å². The monoisotopic (exact) mass is 480 g/mol. The molecule has 1 aliphatic rings. The van der Waals surface area contributed by atoms with Crippen molar-refractivity contribution >= 4 is 27.3 Å². The van der Waals surface area contributed by atoms with Crippen LogP contribution in [0.3, 0.4) is 0 Å². The molecule has 0 fully saturated rings. The van der Waals surface area contributed by atoms with Gasteiger partial charge < -0.3 is 14.8 Å². The van der Waals surface area contributed by atoms with Crippen LogP contribution in [0.25, 0.3) is 0 Å². The molecule has 0 aliphatic carbocycles. The topological polar surface area (TPSA) is 84.9 Å². The highest BCUT2D eigenvalue weighted by Crippen LogP contribution is 2.38. The number of nitrogens with one attached hydrogen (secondary N) is 1. The van der Waals surface area contributed by atoms with Gasteiger partial charge in [-0.3, -0.25) is 9.10 Å². The molecule has 7 nitrogen and oxygen atoms in total. The number of rotatable bonds is 6. The Kier molecular flexibility index (Phi) is 6.52. The molecule has 0 bridgehead atoms. The van der Waals surface area contributed by atoms with Gasteiger partial charge in [0.1, 0.15) is 11.5 Å². The molecule has 34 heavy (non-hydrogen) atoms. The summed E-state index contributed by atoms with van der Waals surface area (Å²) in [4.78, 5) is 13.4. The lowest BCUT2D eigenvalue weighted by molar-refractivity contribution is -0.122. The predicted molar refractivity (Wildman–Crippen MR) is 132 cm³/mol. The van der Waals surface area contributed by atoms with Gasteiger partial charge in [-0.25, -0.2) is 8.42 Å². The van der Waals surface area contributed by atoms with E-state index >= 15 is 0 Å². The van der Waals surface area contributed by atoms with E-state index in [0.29, 0.717) is 17.2 Å². The maximum atomic E-state index is 13.6. The van der Waals surface area contributed by atoms with Crippen LogP contribution in [0.1, 0.15) is 23.6 Å². The number of hydrogen-bond donors (Lipinski definition) is 1. The fraction of sp³-hybridized carbons (Fsp3) is 0.269. The summed E-state index contributed by atoms with van der Waals surface area (Å²) in [6.45, 7) is 5.68. The number of benzene rings is 3. The molecule has 3 aromatic carbocycles. The van der Waals surface area contributed by atoms with E-state index in [1.807, 2.05) is 45.0 Å². The smallest absolute Gasteiger partial charge is 0.267 e. The molecule has 8 heteroatoms. The second-order valence-corrected chi connectivity index (χ2v) is 10.1. The Morgan fingerprint density at radius 3 is 2.53 bits per heavy atom. The molecule has 1 N–H and O–H groups in total. The predicted octanol–water partition coefficient (Wildman–Crippen LogP) is 4.47. The van der Waals surface area contributed by atoms with Gasteiger partial charge in [0.2, 0.25) is 0 Å². The zero-order chi connectivity index (χ0) is 24.5. The summed E-state index contributed by atoms with van der Waals surface area (Å²) in [5.41, 5.74) is 3.97. The number of methoxy groups -OCH3 is 1. The van der Waals surface area contributed by atoms with Crippen molar-refractivity contribution in [3.63, 3.8) is 0 Å². The third-order valence-corrected chi connectivity index (χ3v) is 7.71. The van der Waals surface area contributed by atoms with Gasteiger partial charge in [0, 0.05) is 5.69 Å². The van der Waals surface area contributed by atoms with E-state index in [9.17, 15) is 13.2 Å². The number of amides is 1. The summed E-state index contributed by atoms with van der Waals surface area (Å²) >= 11 is 0. The number of hydrogen-bond acceptors (Lipinski definition) is 5. The summed E-state index contributed by atoms with van der Waals surface area (Å²) in [6.07, 6.45) is -0.269. The minimum atomic E-state index is -3.96. The summed E-state index contributed by atoms with van der Waals surface area (Å²) < 4.78 is 39.6. The first-order valence-corrected chi connectivity index (χ1v) is 12.5. The van der Waals surface area contributed by atoms with Gasteiger partial charge in [-0.15, -0.1) is 0 Å². The molecule has 1 aliphatic heterocycles. The highest BCUT2D eigenvalue weighted by atomic mass is 32.2. The molecule has 178 valence electrons. The van der Waals surface area contributed by atoms with Crippen molar-refractivity contribution in [1.29, 1.82) is 0 Å². The highest BCUT2D eigenvalue weighted by Gasteiger charge is 2.38. The van der Waals surface area contributed by atoms with Gasteiger partial charge in [-0.2, -0.15) is 0 Å². The minimum Gasteiger partial charge on any atom is -0.497 e. The zero-order valence-electron chi connectivity index (χ0n) is 19.7. The number of ether oxygens (including phenoxy) is 2. The lowest BCUT2D eigenvalue weighted by atomic mass is 10.1. The fourth-order valence-electron chi connectivity index (χ4n) is 4.01. The summed E-state index contributed by atoms with van der Waals surface area (Å²) in [5, 5.41) is 2.97. The summed E-state index contributed by atoms with van der Waals surface area (Å²) in [7, 11) is -2.44. The first-order chi connectivity index (χ1) is 16.2. The van der Waals surface area contributed by atoms with Crippen LogP contribution in [0.4, 0.5) is 11.4 Å². The van der Waals surface area contributed by atoms with Crippen molar-refractivity contribution < 1.29 is 22.7 Å². The number of sulfonamides is 1. The maximum Gasteiger partial charge on any atom is 0.267 e. The SMILES string of the molecule is CCc1cccc(C)c1NC(=O)[C@@H]1CN(S(=O)(=O)c2ccc(OC)cc2)c2ccc(C)cc2O1. The van der Waals surface area contributed by atoms with E-state index in [2.05, 4.69) is 5.32 Å². The molecule has 1 amide bonds. The molecule has 0 saturated carbocycles. The van der Waals surface area contributed by atoms with E-state index in [-0.39, 0.29) is 11.4 Å². The molecular formula is C26H28N2O5S. The first kappa shape index (κ1) is 23.6. The molecule has 0 radical (unpaired) electrons. The van der Waals surface area contributed by atoms with E-state index in [4.69, 9.17) is 9.47 Å². The van der Waals surface area contributed by atoms with Crippen LogP contribution in [0.2, 0.25) is 0 Å². The van der Waals surface area contributed by atoms with Crippen LogP contribution in [0, 0.1) is 13.8 Å². The maximum absolute atomic E-state index is 13.6. The van der Waals surface area contributed by atoms with Crippen LogP contribution in [-0.2, 0) is 21.2 Å². The van der Waals surface area contributed by atoms with Gasteiger partial charge in [0.25, 0.3) is 15.9 Å². The Morgan fingerprint density at radius 2 is 1.85 bits per heavy atom. The standard InChI is InChI=1S/C26H28N2O5S/c1-5-19-8-6-7-18(3)25(19)27-26(29)24-16-28(22-14-9-17(2)15-23(22)33-24)34(30,31)21-12-10-20(32-4)11-13-21/h6-15,24H,5,16H2,1-4H3,(H,27,29)/t24-/m0/s1. The van der Waals surface area contributed by atoms with Crippen molar-refractivity contribution in [2.24, 2.45) is 0 Å². The third-order valence-electron chi connectivity index (χ3n) is 5.91. The van der Waals surface area contributed by atoms with Crippen molar-refractivity contribution in [1.82, 2.24) is 0 Å². The Balaban J connectivity index is 1.70. The number of carbonyl (C=O) groups excluding carboxylic acids is 1. The Morgan fingerprint density at radius 1 is 1.12 bits per heavy atom. The molecule has 0 aromatic heterocycles. The summed E-state index contributed by atoms with van der Waals surface area (Å²) in [5.74, 6) is 0.509. The van der Waals surface area contributed by atoms with Crippen molar-refractivity contribution in [3.8, 4) is 11.5 Å². The zero-order valence-corrected chi connectivity index (χ0v) is 20.5. The number of carbonyl (C=O) groups is 1. The second-order valence-electron chi connectivity index (χ2n) is 8.24. The molecule has 4 rings (SSSR count). The first-order valence-electron chi connectivity index (χ1n) is 11.1. The fourth-order valence-corrected chi connectivity index (χ4v) is 5.48. The van der Waals surface area contributed by atoms with Crippen LogP contribution >= 0.6 is 0 Å². The molecule has 1 heterocycles. The number of para-hydroxylation sites is 1. The largest absolute Gasteiger partial charge is 0.497 e. The van der Waals surface area contributed by atoms with Crippen LogP contribution < -0.4 is 19.1 Å². The van der Waals surface area contributed by atoms with Gasteiger partial charge >= 0.3 is 0 Å². The number of aryl methyl sites for hydroxylation is 3. The normalized spacial score (nSPS) is 15.3. The van der Waals surface area contributed by atoms with E-state index in [1.54, 1.807) is 24.3 Å². The Hall–Kier alpha value is -3.52. The van der Waals surface area contributed by atoms with E-state index in [1.165, 1.54) is 23.5 Å². The van der Waals surface area contributed by atoms with Crippen LogP contribution in [0.5, 0.6) is 11.5 Å². The second kappa shape index (κ2) is 9.38. The molecule has 0 unspecified atom stereocenters. The van der Waals surface area contributed by atoms with Gasteiger partial charge in [0.05, 0.1) is 24.2 Å². The van der Waals surface area contributed by atoms with Crippen LogP contribution in [-0.4, -0.2) is 34.1 Å².